The highest BCUT2D eigenvalue weighted by Gasteiger charge is 2.10. The van der Waals surface area contributed by atoms with E-state index in [0.717, 1.165) is 12.1 Å². The highest BCUT2D eigenvalue weighted by atomic mass is 32.1. The molecule has 0 fully saturated rings. The first kappa shape index (κ1) is 14.6. The molecule has 18 heavy (non-hydrogen) atoms. The maximum absolute atomic E-state index is 11.2. The van der Waals surface area contributed by atoms with Gasteiger partial charge in [0.15, 0.2) is 5.11 Å². The number of hydrogen-bond donors (Lipinski definition) is 2. The number of carbonyl (C=O) groups is 1. The van der Waals surface area contributed by atoms with E-state index in [-0.39, 0.29) is 5.91 Å². The van der Waals surface area contributed by atoms with Crippen molar-refractivity contribution in [2.24, 2.45) is 0 Å². The quantitative estimate of drug-likeness (QED) is 0.819. The molecule has 0 aromatic heterocycles. The van der Waals surface area contributed by atoms with Gasteiger partial charge < -0.3 is 10.6 Å². The summed E-state index contributed by atoms with van der Waals surface area (Å²) in [7, 11) is 0. The van der Waals surface area contributed by atoms with Crippen LogP contribution in [0.1, 0.15) is 45.1 Å². The summed E-state index contributed by atoms with van der Waals surface area (Å²) in [4.78, 5) is 11.2. The van der Waals surface area contributed by atoms with E-state index in [1.54, 1.807) is 6.92 Å². The van der Waals surface area contributed by atoms with E-state index in [1.165, 1.54) is 5.56 Å². The van der Waals surface area contributed by atoms with Crippen LogP contribution in [0, 0.1) is 0 Å². The Bertz CT molecular complexity index is 432. The molecule has 98 valence electrons. The average molecular weight is 264 g/mol. The third-order valence-electron chi connectivity index (χ3n) is 2.93. The van der Waals surface area contributed by atoms with Crippen molar-refractivity contribution in [1.82, 2.24) is 5.32 Å². The minimum absolute atomic E-state index is 0.0754. The van der Waals surface area contributed by atoms with E-state index in [1.807, 2.05) is 18.2 Å². The molecule has 0 saturated heterocycles. The van der Waals surface area contributed by atoms with Gasteiger partial charge in [0.05, 0.1) is 0 Å². The fourth-order valence-corrected chi connectivity index (χ4v) is 1.85. The van der Waals surface area contributed by atoms with Gasteiger partial charge in [-0.15, -0.1) is 0 Å². The zero-order chi connectivity index (χ0) is 13.5. The number of benzene rings is 1. The zero-order valence-corrected chi connectivity index (χ0v) is 11.9. The van der Waals surface area contributed by atoms with Crippen LogP contribution in [0.5, 0.6) is 0 Å². The van der Waals surface area contributed by atoms with Gasteiger partial charge in [0.2, 0.25) is 5.91 Å². The van der Waals surface area contributed by atoms with Crippen LogP contribution in [-0.2, 0) is 4.79 Å². The second-order valence-electron chi connectivity index (χ2n) is 4.25. The molecule has 0 heterocycles. The van der Waals surface area contributed by atoms with Gasteiger partial charge in [-0.2, -0.15) is 0 Å². The zero-order valence-electron chi connectivity index (χ0n) is 11.1. The fourth-order valence-electron chi connectivity index (χ4n) is 1.63. The number of rotatable bonds is 4. The first-order chi connectivity index (χ1) is 8.58. The van der Waals surface area contributed by atoms with Crippen LogP contribution in [0.2, 0.25) is 0 Å². The molecule has 1 amide bonds. The molecule has 2 N–H and O–H groups in total. The monoisotopic (exact) mass is 264 g/mol. The van der Waals surface area contributed by atoms with Crippen molar-refractivity contribution in [3.05, 3.63) is 29.8 Å². The second-order valence-corrected chi connectivity index (χ2v) is 4.66. The van der Waals surface area contributed by atoms with Crippen LogP contribution in [0.3, 0.4) is 0 Å². The summed E-state index contributed by atoms with van der Waals surface area (Å²) in [5, 5.41) is 6.09. The molecule has 0 spiro atoms. The van der Waals surface area contributed by atoms with Gasteiger partial charge in [-0.25, -0.2) is 0 Å². The van der Waals surface area contributed by atoms with Crippen molar-refractivity contribution in [3.8, 4) is 0 Å². The standard InChI is InChI=1S/C14H20N2OS/c1-4-10(3)11-8-6-7-9-12(11)15-14(18)16-13(17)5-2/h6-10H,4-5H2,1-3H3,(H2,15,16,17,18). The van der Waals surface area contributed by atoms with Crippen LogP contribution in [-0.4, -0.2) is 11.0 Å². The van der Waals surface area contributed by atoms with E-state index in [0.29, 0.717) is 17.5 Å². The highest BCUT2D eigenvalue weighted by molar-refractivity contribution is 7.80. The van der Waals surface area contributed by atoms with Crippen LogP contribution in [0.4, 0.5) is 5.69 Å². The molecule has 4 heteroatoms. The third-order valence-corrected chi connectivity index (χ3v) is 3.13. The third kappa shape index (κ3) is 4.11. The summed E-state index contributed by atoms with van der Waals surface area (Å²) in [5.41, 5.74) is 2.18. The van der Waals surface area contributed by atoms with E-state index in [4.69, 9.17) is 12.2 Å². The lowest BCUT2D eigenvalue weighted by molar-refractivity contribution is -0.119. The number of anilines is 1. The lowest BCUT2D eigenvalue weighted by Crippen LogP contribution is -2.33. The Morgan fingerprint density at radius 3 is 2.61 bits per heavy atom. The summed E-state index contributed by atoms with van der Waals surface area (Å²) in [5.74, 6) is 0.381. The fraction of sp³-hybridized carbons (Fsp3) is 0.429. The molecule has 3 nitrogen and oxygen atoms in total. The van der Waals surface area contributed by atoms with Crippen molar-refractivity contribution in [3.63, 3.8) is 0 Å². The molecular weight excluding hydrogens is 244 g/mol. The first-order valence-electron chi connectivity index (χ1n) is 6.28. The van der Waals surface area contributed by atoms with Crippen LogP contribution in [0.25, 0.3) is 0 Å². The topological polar surface area (TPSA) is 41.1 Å². The van der Waals surface area contributed by atoms with Crippen molar-refractivity contribution in [2.45, 2.75) is 39.5 Å². The molecule has 1 aromatic carbocycles. The summed E-state index contributed by atoms with van der Waals surface area (Å²) in [6.45, 7) is 6.12. The number of hydrogen-bond acceptors (Lipinski definition) is 2. The Kier molecular flexibility index (Phi) is 5.78. The molecule has 1 aromatic rings. The van der Waals surface area contributed by atoms with Crippen LogP contribution in [0.15, 0.2) is 24.3 Å². The maximum Gasteiger partial charge on any atom is 0.225 e. The van der Waals surface area contributed by atoms with Crippen molar-refractivity contribution >= 4 is 28.9 Å². The number of amides is 1. The molecule has 1 unspecified atom stereocenters. The van der Waals surface area contributed by atoms with Gasteiger partial charge in [0.25, 0.3) is 0 Å². The van der Waals surface area contributed by atoms with Crippen LogP contribution < -0.4 is 10.6 Å². The van der Waals surface area contributed by atoms with Crippen molar-refractivity contribution in [1.29, 1.82) is 0 Å². The molecule has 0 saturated carbocycles. The lowest BCUT2D eigenvalue weighted by atomic mass is 9.97. The predicted octanol–water partition coefficient (Wildman–Crippen LogP) is 3.42. The van der Waals surface area contributed by atoms with Crippen molar-refractivity contribution < 1.29 is 4.79 Å². The Balaban J connectivity index is 2.78. The molecule has 0 aliphatic rings. The highest BCUT2D eigenvalue weighted by Crippen LogP contribution is 2.26. The van der Waals surface area contributed by atoms with Gasteiger partial charge in [-0.1, -0.05) is 39.0 Å². The number of para-hydroxylation sites is 1. The predicted molar refractivity (Wildman–Crippen MR) is 79.8 cm³/mol. The summed E-state index contributed by atoms with van der Waals surface area (Å²) >= 11 is 5.12. The lowest BCUT2D eigenvalue weighted by Gasteiger charge is -2.16. The Morgan fingerprint density at radius 2 is 2.00 bits per heavy atom. The average Bonchev–Trinajstić information content (AvgIpc) is 2.38. The normalized spacial score (nSPS) is 11.7. The van der Waals surface area contributed by atoms with Crippen molar-refractivity contribution in [2.75, 3.05) is 5.32 Å². The Hall–Kier alpha value is -1.42. The molecule has 0 bridgehead atoms. The summed E-state index contributed by atoms with van der Waals surface area (Å²) in [6.07, 6.45) is 1.49. The van der Waals surface area contributed by atoms with Gasteiger partial charge in [0, 0.05) is 12.1 Å². The van der Waals surface area contributed by atoms with E-state index < -0.39 is 0 Å². The van der Waals surface area contributed by atoms with E-state index in [9.17, 15) is 4.79 Å². The molecule has 0 aliphatic heterocycles. The maximum atomic E-state index is 11.2. The minimum Gasteiger partial charge on any atom is -0.332 e. The molecular formula is C14H20N2OS. The van der Waals surface area contributed by atoms with Gasteiger partial charge in [-0.3, -0.25) is 4.79 Å². The largest absolute Gasteiger partial charge is 0.332 e. The number of carbonyl (C=O) groups excluding carboxylic acids is 1. The second kappa shape index (κ2) is 7.11. The summed E-state index contributed by atoms with van der Waals surface area (Å²) in [6, 6.07) is 8.03. The smallest absolute Gasteiger partial charge is 0.225 e. The molecule has 0 aliphatic carbocycles. The van der Waals surface area contributed by atoms with Gasteiger partial charge in [-0.05, 0) is 36.2 Å². The summed E-state index contributed by atoms with van der Waals surface area (Å²) < 4.78 is 0. The first-order valence-corrected chi connectivity index (χ1v) is 6.69. The molecule has 1 atom stereocenters. The van der Waals surface area contributed by atoms with Gasteiger partial charge in [0.1, 0.15) is 0 Å². The number of nitrogens with one attached hydrogen (secondary N) is 2. The molecule has 0 radical (unpaired) electrons. The van der Waals surface area contributed by atoms with E-state index in [2.05, 4.69) is 30.5 Å². The Labute approximate surface area is 114 Å². The van der Waals surface area contributed by atoms with Gasteiger partial charge >= 0.3 is 0 Å². The van der Waals surface area contributed by atoms with E-state index >= 15 is 0 Å². The SMILES string of the molecule is CCC(=O)NC(=S)Nc1ccccc1C(C)CC. The van der Waals surface area contributed by atoms with Crippen LogP contribution >= 0.6 is 12.2 Å². The minimum atomic E-state index is -0.0754. The number of thiocarbonyl (C=S) groups is 1. The Morgan fingerprint density at radius 1 is 1.33 bits per heavy atom. The molecule has 1 rings (SSSR count).